The average molecular weight is 611 g/mol. The van der Waals surface area contributed by atoms with Gasteiger partial charge in [-0.25, -0.2) is 0 Å². The van der Waals surface area contributed by atoms with E-state index >= 15 is 0 Å². The van der Waals surface area contributed by atoms with Crippen molar-refractivity contribution in [1.82, 2.24) is 0 Å². The van der Waals surface area contributed by atoms with Crippen LogP contribution in [0.2, 0.25) is 0 Å². The summed E-state index contributed by atoms with van der Waals surface area (Å²) in [5, 5.41) is 0. The summed E-state index contributed by atoms with van der Waals surface area (Å²) in [6.45, 7) is 8.92. The molecule has 0 fully saturated rings. The number of methoxy groups -OCH3 is 1. The van der Waals surface area contributed by atoms with Crippen LogP contribution in [0.4, 0.5) is 5.69 Å². The van der Waals surface area contributed by atoms with E-state index in [1.54, 1.807) is 7.11 Å². The Labute approximate surface area is 224 Å². The number of nitrogens with zero attached hydrogens (tertiary/aromatic N) is 1. The van der Waals surface area contributed by atoms with Crippen LogP contribution in [0, 0.1) is 0 Å². The molecule has 2 heterocycles. The van der Waals surface area contributed by atoms with Crippen molar-refractivity contribution < 1.29 is 23.8 Å². The van der Waals surface area contributed by atoms with Crippen molar-refractivity contribution >= 4 is 49.2 Å². The summed E-state index contributed by atoms with van der Waals surface area (Å²) in [7, 11) is 1.67. The highest BCUT2D eigenvalue weighted by Crippen LogP contribution is 2.40. The number of amides is 1. The number of carbonyl (C=O) groups excluding carboxylic acids is 2. The van der Waals surface area contributed by atoms with Crippen molar-refractivity contribution in [1.29, 1.82) is 0 Å². The Bertz CT molecular complexity index is 1090. The van der Waals surface area contributed by atoms with E-state index in [0.29, 0.717) is 32.4 Å². The Morgan fingerprint density at radius 2 is 1.54 bits per heavy atom. The SMILES string of the molecule is CCC1(C)Oc2ccc(Br)cc2CC1=O.CCC1(C)Oc2ccc(Br)cc2N(CCCOC)C1=O. The minimum atomic E-state index is -0.784. The van der Waals surface area contributed by atoms with Crippen molar-refractivity contribution in [2.45, 2.75) is 64.6 Å². The van der Waals surface area contributed by atoms with Gasteiger partial charge < -0.3 is 19.1 Å². The van der Waals surface area contributed by atoms with Crippen molar-refractivity contribution in [2.75, 3.05) is 25.2 Å². The second-order valence-electron chi connectivity index (χ2n) is 9.14. The minimum absolute atomic E-state index is 0.0155. The number of anilines is 1. The van der Waals surface area contributed by atoms with Crippen LogP contribution in [-0.4, -0.2) is 43.2 Å². The third kappa shape index (κ3) is 6.09. The Morgan fingerprint density at radius 3 is 2.17 bits per heavy atom. The second kappa shape index (κ2) is 11.4. The van der Waals surface area contributed by atoms with Crippen LogP contribution in [0.15, 0.2) is 45.3 Å². The first-order valence-corrected chi connectivity index (χ1v) is 13.5. The zero-order valence-corrected chi connectivity index (χ0v) is 24.1. The van der Waals surface area contributed by atoms with Crippen molar-refractivity contribution in [2.24, 2.45) is 0 Å². The maximum Gasteiger partial charge on any atom is 0.270 e. The Kier molecular flexibility index (Phi) is 9.05. The van der Waals surface area contributed by atoms with Gasteiger partial charge in [0.2, 0.25) is 0 Å². The van der Waals surface area contributed by atoms with Gasteiger partial charge in [0.1, 0.15) is 11.5 Å². The standard InChI is InChI=1S/C15H20BrNO3.C12H13BrO2/c1-4-15(2)14(18)17(8-5-9-19-3)12-10-11(16)6-7-13(12)20-15;1-3-12(2)11(14)7-8-6-9(13)4-5-10(8)15-12/h6-7,10H,4-5,8-9H2,1-3H3;4-6H,3,7H2,1-2H3. The zero-order valence-electron chi connectivity index (χ0n) is 21.0. The summed E-state index contributed by atoms with van der Waals surface area (Å²) >= 11 is 6.84. The number of carbonyl (C=O) groups is 2. The Morgan fingerprint density at radius 1 is 0.943 bits per heavy atom. The molecule has 0 aliphatic carbocycles. The number of rotatable bonds is 6. The fourth-order valence-electron chi connectivity index (χ4n) is 4.00. The van der Waals surface area contributed by atoms with E-state index < -0.39 is 11.2 Å². The summed E-state index contributed by atoms with van der Waals surface area (Å²) < 4.78 is 18.7. The first-order chi connectivity index (χ1) is 16.6. The molecule has 0 aromatic heterocycles. The highest BCUT2D eigenvalue weighted by molar-refractivity contribution is 9.10. The van der Waals surface area contributed by atoms with Crippen LogP contribution in [0.25, 0.3) is 0 Å². The third-order valence-electron chi connectivity index (χ3n) is 6.62. The van der Waals surface area contributed by atoms with E-state index in [2.05, 4.69) is 31.9 Å². The van der Waals surface area contributed by atoms with Crippen LogP contribution in [0.3, 0.4) is 0 Å². The van der Waals surface area contributed by atoms with Gasteiger partial charge in [-0.1, -0.05) is 45.7 Å². The molecule has 1 amide bonds. The lowest BCUT2D eigenvalue weighted by Crippen LogP contribution is -2.54. The first-order valence-electron chi connectivity index (χ1n) is 11.9. The number of fused-ring (bicyclic) bond motifs is 2. The molecule has 0 radical (unpaired) electrons. The maximum atomic E-state index is 12.7. The van der Waals surface area contributed by atoms with Gasteiger partial charge in [-0.3, -0.25) is 9.59 Å². The molecule has 0 spiro atoms. The van der Waals surface area contributed by atoms with Crippen molar-refractivity contribution in [3.05, 3.63) is 50.9 Å². The van der Waals surface area contributed by atoms with Crippen LogP contribution in [-0.2, 0) is 20.7 Å². The van der Waals surface area contributed by atoms with E-state index in [9.17, 15) is 9.59 Å². The monoisotopic (exact) mass is 609 g/mol. The number of hydrogen-bond donors (Lipinski definition) is 0. The summed E-state index contributed by atoms with van der Waals surface area (Å²) in [6, 6.07) is 11.6. The molecule has 2 unspecified atom stereocenters. The highest BCUT2D eigenvalue weighted by Gasteiger charge is 2.43. The van der Waals surface area contributed by atoms with Crippen LogP contribution < -0.4 is 14.4 Å². The fourth-order valence-corrected chi connectivity index (χ4v) is 4.75. The molecule has 0 saturated heterocycles. The number of benzene rings is 2. The number of Topliss-reactive ketones (excluding diaryl/α,β-unsaturated/α-hetero) is 1. The molecule has 0 bridgehead atoms. The molecule has 6 nitrogen and oxygen atoms in total. The topological polar surface area (TPSA) is 65.1 Å². The van der Waals surface area contributed by atoms with Crippen molar-refractivity contribution in [3.63, 3.8) is 0 Å². The lowest BCUT2D eigenvalue weighted by Gasteiger charge is -2.40. The van der Waals surface area contributed by atoms with Gasteiger partial charge in [-0.15, -0.1) is 0 Å². The first kappa shape index (κ1) is 27.7. The van der Waals surface area contributed by atoms with Gasteiger partial charge in [0.15, 0.2) is 17.0 Å². The summed E-state index contributed by atoms with van der Waals surface area (Å²) in [4.78, 5) is 26.4. The van der Waals surface area contributed by atoms with Crippen LogP contribution in [0.5, 0.6) is 11.5 Å². The molecule has 190 valence electrons. The smallest absolute Gasteiger partial charge is 0.270 e. The third-order valence-corrected chi connectivity index (χ3v) is 7.61. The molecule has 2 aromatic rings. The molecule has 0 N–H and O–H groups in total. The number of halogens is 2. The van der Waals surface area contributed by atoms with Crippen molar-refractivity contribution in [3.8, 4) is 11.5 Å². The summed E-state index contributed by atoms with van der Waals surface area (Å²) in [5.41, 5.74) is 0.376. The van der Waals surface area contributed by atoms with E-state index in [1.165, 1.54) is 0 Å². The fraction of sp³-hybridized carbons (Fsp3) is 0.481. The van der Waals surface area contributed by atoms with Gasteiger partial charge in [0.25, 0.3) is 5.91 Å². The Balaban J connectivity index is 0.000000203. The Hall–Kier alpha value is -1.90. The average Bonchev–Trinajstić information content (AvgIpc) is 2.83. The van der Waals surface area contributed by atoms with Crippen LogP contribution >= 0.6 is 31.9 Å². The molecule has 0 saturated carbocycles. The lowest BCUT2D eigenvalue weighted by molar-refractivity contribution is -0.135. The molecule has 8 heteroatoms. The predicted octanol–water partition coefficient (Wildman–Crippen LogP) is 6.50. The number of hydrogen-bond acceptors (Lipinski definition) is 5. The molecule has 2 aliphatic heterocycles. The number of ether oxygens (including phenoxy) is 3. The lowest BCUT2D eigenvalue weighted by atomic mass is 9.89. The quantitative estimate of drug-likeness (QED) is 0.349. The molecular formula is C27H33Br2NO5. The minimum Gasteiger partial charge on any atom is -0.480 e. The van der Waals surface area contributed by atoms with E-state index in [1.807, 2.05) is 69.0 Å². The predicted molar refractivity (Wildman–Crippen MR) is 144 cm³/mol. The second-order valence-corrected chi connectivity index (χ2v) is 11.0. The van der Waals surface area contributed by atoms with Gasteiger partial charge >= 0.3 is 0 Å². The van der Waals surface area contributed by atoms with Gasteiger partial charge in [0, 0.05) is 41.2 Å². The van der Waals surface area contributed by atoms with Gasteiger partial charge in [-0.2, -0.15) is 0 Å². The number of ketones is 1. The van der Waals surface area contributed by atoms with E-state index in [0.717, 1.165) is 38.1 Å². The normalized spacial score (nSPS) is 22.9. The molecule has 35 heavy (non-hydrogen) atoms. The molecular weight excluding hydrogens is 578 g/mol. The van der Waals surface area contributed by atoms with E-state index in [-0.39, 0.29) is 11.7 Å². The zero-order chi connectivity index (χ0) is 25.8. The van der Waals surface area contributed by atoms with Gasteiger partial charge in [-0.05, 0) is 69.5 Å². The molecule has 2 aromatic carbocycles. The molecule has 2 aliphatic rings. The largest absolute Gasteiger partial charge is 0.480 e. The van der Waals surface area contributed by atoms with Gasteiger partial charge in [0.05, 0.1) is 5.69 Å². The maximum absolute atomic E-state index is 12.7. The summed E-state index contributed by atoms with van der Waals surface area (Å²) in [5.74, 6) is 1.77. The molecule has 2 atom stereocenters. The van der Waals surface area contributed by atoms with Crippen LogP contribution in [0.1, 0.15) is 52.5 Å². The summed E-state index contributed by atoms with van der Waals surface area (Å²) in [6.07, 6.45) is 2.62. The molecule has 4 rings (SSSR count). The highest BCUT2D eigenvalue weighted by atomic mass is 79.9. The van der Waals surface area contributed by atoms with E-state index in [4.69, 9.17) is 14.2 Å².